The first-order valence-corrected chi connectivity index (χ1v) is 7.86. The van der Waals surface area contributed by atoms with E-state index < -0.39 is 18.5 Å². The zero-order valence-electron chi connectivity index (χ0n) is 12.9. The highest BCUT2D eigenvalue weighted by Gasteiger charge is 2.09. The van der Waals surface area contributed by atoms with Gasteiger partial charge in [-0.05, 0) is 30.7 Å². The van der Waals surface area contributed by atoms with Crippen LogP contribution in [0.5, 0.6) is 0 Å². The smallest absolute Gasteiger partial charge is 0.331 e. The van der Waals surface area contributed by atoms with Crippen LogP contribution in [0, 0.1) is 6.92 Å². The van der Waals surface area contributed by atoms with E-state index in [0.29, 0.717) is 10.7 Å². The Bertz CT molecular complexity index is 788. The maximum absolute atomic E-state index is 11.8. The summed E-state index contributed by atoms with van der Waals surface area (Å²) in [5, 5.41) is 3.09. The monoisotopic (exact) mass is 363 g/mol. The van der Waals surface area contributed by atoms with E-state index in [4.69, 9.17) is 27.9 Å². The predicted octanol–water partition coefficient (Wildman–Crippen LogP) is 4.50. The Morgan fingerprint density at radius 1 is 1.17 bits per heavy atom. The number of aryl methyl sites for hydroxylation is 1. The van der Waals surface area contributed by atoms with Gasteiger partial charge in [0.1, 0.15) is 0 Å². The Balaban J connectivity index is 1.85. The molecule has 1 N–H and O–H groups in total. The first-order chi connectivity index (χ1) is 11.5. The molecule has 0 aromatic heterocycles. The lowest BCUT2D eigenvalue weighted by atomic mass is 10.1. The maximum Gasteiger partial charge on any atom is 0.331 e. The van der Waals surface area contributed by atoms with Gasteiger partial charge in [0.05, 0.1) is 15.7 Å². The number of halogens is 2. The van der Waals surface area contributed by atoms with Crippen molar-refractivity contribution in [2.45, 2.75) is 6.92 Å². The molecule has 0 aliphatic carbocycles. The van der Waals surface area contributed by atoms with E-state index in [1.807, 2.05) is 31.2 Å². The van der Waals surface area contributed by atoms with Gasteiger partial charge in [-0.25, -0.2) is 4.79 Å². The number of rotatable bonds is 5. The van der Waals surface area contributed by atoms with E-state index in [0.717, 1.165) is 11.1 Å². The molecule has 0 atom stereocenters. The third-order valence-electron chi connectivity index (χ3n) is 3.03. The van der Waals surface area contributed by atoms with Crippen LogP contribution in [0.4, 0.5) is 5.69 Å². The van der Waals surface area contributed by atoms with Crippen molar-refractivity contribution in [1.82, 2.24) is 0 Å². The Kier molecular flexibility index (Phi) is 6.41. The van der Waals surface area contributed by atoms with Gasteiger partial charge < -0.3 is 10.1 Å². The summed E-state index contributed by atoms with van der Waals surface area (Å²) in [6.07, 6.45) is 2.90. The largest absolute Gasteiger partial charge is 0.452 e. The lowest BCUT2D eigenvalue weighted by Gasteiger charge is -2.08. The van der Waals surface area contributed by atoms with Crippen molar-refractivity contribution in [3.63, 3.8) is 0 Å². The summed E-state index contributed by atoms with van der Waals surface area (Å²) in [4.78, 5) is 23.4. The molecule has 2 aromatic rings. The minimum atomic E-state index is -0.608. The molecule has 0 aliphatic rings. The molecule has 2 aromatic carbocycles. The summed E-state index contributed by atoms with van der Waals surface area (Å²) < 4.78 is 4.88. The molecule has 0 saturated heterocycles. The molecule has 0 fully saturated rings. The Hall–Kier alpha value is -2.30. The normalized spacial score (nSPS) is 10.6. The van der Waals surface area contributed by atoms with Crippen LogP contribution in [-0.4, -0.2) is 18.5 Å². The van der Waals surface area contributed by atoms with Crippen LogP contribution in [0.25, 0.3) is 6.08 Å². The highest BCUT2D eigenvalue weighted by molar-refractivity contribution is 6.44. The van der Waals surface area contributed by atoms with Gasteiger partial charge in [-0.2, -0.15) is 0 Å². The molecule has 0 bridgehead atoms. The average molecular weight is 364 g/mol. The van der Waals surface area contributed by atoms with E-state index in [-0.39, 0.29) is 5.02 Å². The van der Waals surface area contributed by atoms with Crippen molar-refractivity contribution in [2.75, 3.05) is 11.9 Å². The molecule has 24 heavy (non-hydrogen) atoms. The highest BCUT2D eigenvalue weighted by Crippen LogP contribution is 2.29. The zero-order chi connectivity index (χ0) is 17.5. The SMILES string of the molecule is Cc1cccc(/C=C/C(=O)OCC(=O)Nc2cccc(Cl)c2Cl)c1. The van der Waals surface area contributed by atoms with Crippen molar-refractivity contribution in [3.05, 3.63) is 69.7 Å². The van der Waals surface area contributed by atoms with Crippen LogP contribution in [0.15, 0.2) is 48.5 Å². The fourth-order valence-corrected chi connectivity index (χ4v) is 2.26. The van der Waals surface area contributed by atoms with Crippen molar-refractivity contribution in [2.24, 2.45) is 0 Å². The van der Waals surface area contributed by atoms with Crippen LogP contribution >= 0.6 is 23.2 Å². The number of benzene rings is 2. The zero-order valence-corrected chi connectivity index (χ0v) is 14.4. The lowest BCUT2D eigenvalue weighted by Crippen LogP contribution is -2.20. The number of ether oxygens (including phenoxy) is 1. The third-order valence-corrected chi connectivity index (χ3v) is 3.84. The van der Waals surface area contributed by atoms with E-state index in [2.05, 4.69) is 5.32 Å². The summed E-state index contributed by atoms with van der Waals surface area (Å²) >= 11 is 11.8. The van der Waals surface area contributed by atoms with Crippen molar-refractivity contribution in [3.8, 4) is 0 Å². The van der Waals surface area contributed by atoms with E-state index >= 15 is 0 Å². The summed E-state index contributed by atoms with van der Waals surface area (Å²) in [6.45, 7) is 1.54. The van der Waals surface area contributed by atoms with Crippen LogP contribution in [-0.2, 0) is 14.3 Å². The van der Waals surface area contributed by atoms with Crippen molar-refractivity contribution in [1.29, 1.82) is 0 Å². The number of nitrogens with one attached hydrogen (secondary N) is 1. The second-order valence-electron chi connectivity index (χ2n) is 5.00. The Morgan fingerprint density at radius 3 is 2.67 bits per heavy atom. The maximum atomic E-state index is 11.8. The molecule has 1 amide bonds. The van der Waals surface area contributed by atoms with Crippen LogP contribution in [0.1, 0.15) is 11.1 Å². The van der Waals surface area contributed by atoms with Crippen molar-refractivity contribution < 1.29 is 14.3 Å². The molecule has 6 heteroatoms. The van der Waals surface area contributed by atoms with Gasteiger partial charge in [0.15, 0.2) is 6.61 Å². The molecule has 2 rings (SSSR count). The Labute approximate surface area is 150 Å². The quantitative estimate of drug-likeness (QED) is 0.628. The molecular weight excluding hydrogens is 349 g/mol. The van der Waals surface area contributed by atoms with Crippen molar-refractivity contribution >= 4 is 46.8 Å². The van der Waals surface area contributed by atoms with Gasteiger partial charge in [0, 0.05) is 6.08 Å². The summed E-state index contributed by atoms with van der Waals surface area (Å²) in [7, 11) is 0. The van der Waals surface area contributed by atoms with Crippen LogP contribution < -0.4 is 5.32 Å². The predicted molar refractivity (Wildman–Crippen MR) is 96.3 cm³/mol. The topological polar surface area (TPSA) is 55.4 Å². The van der Waals surface area contributed by atoms with Gasteiger partial charge in [-0.1, -0.05) is 59.1 Å². The van der Waals surface area contributed by atoms with E-state index in [9.17, 15) is 9.59 Å². The van der Waals surface area contributed by atoms with Gasteiger partial charge >= 0.3 is 5.97 Å². The fraction of sp³-hybridized carbons (Fsp3) is 0.111. The molecule has 0 aliphatic heterocycles. The fourth-order valence-electron chi connectivity index (χ4n) is 1.91. The molecule has 124 valence electrons. The number of amides is 1. The molecular formula is C18H15Cl2NO3. The number of hydrogen-bond donors (Lipinski definition) is 1. The molecule has 0 radical (unpaired) electrons. The standard InChI is InChI=1S/C18H15Cl2NO3/c1-12-4-2-5-13(10-12)8-9-17(23)24-11-16(22)21-15-7-3-6-14(19)18(15)20/h2-10H,11H2,1H3,(H,21,22)/b9-8+. The van der Waals surface area contributed by atoms with E-state index in [1.165, 1.54) is 6.08 Å². The van der Waals surface area contributed by atoms with Gasteiger partial charge in [0.2, 0.25) is 0 Å². The van der Waals surface area contributed by atoms with Gasteiger partial charge in [-0.3, -0.25) is 4.79 Å². The second-order valence-corrected chi connectivity index (χ2v) is 5.79. The number of anilines is 1. The van der Waals surface area contributed by atoms with Crippen LogP contribution in [0.2, 0.25) is 10.0 Å². The van der Waals surface area contributed by atoms with Gasteiger partial charge in [-0.15, -0.1) is 0 Å². The first kappa shape index (κ1) is 18.0. The summed E-state index contributed by atoms with van der Waals surface area (Å²) in [6, 6.07) is 12.5. The number of carbonyl (C=O) groups excluding carboxylic acids is 2. The molecule has 0 saturated carbocycles. The minimum absolute atomic E-state index is 0.234. The number of esters is 1. The molecule has 0 heterocycles. The van der Waals surface area contributed by atoms with E-state index in [1.54, 1.807) is 24.3 Å². The number of hydrogen-bond acceptors (Lipinski definition) is 3. The Morgan fingerprint density at radius 2 is 1.92 bits per heavy atom. The summed E-state index contributed by atoms with van der Waals surface area (Å²) in [5.74, 6) is -1.11. The van der Waals surface area contributed by atoms with Crippen LogP contribution in [0.3, 0.4) is 0 Å². The van der Waals surface area contributed by atoms with Gasteiger partial charge in [0.25, 0.3) is 5.91 Å². The summed E-state index contributed by atoms with van der Waals surface area (Å²) in [5.41, 5.74) is 2.32. The highest BCUT2D eigenvalue weighted by atomic mass is 35.5. The average Bonchev–Trinajstić information content (AvgIpc) is 2.55. The second kappa shape index (κ2) is 8.52. The third kappa shape index (κ3) is 5.41. The minimum Gasteiger partial charge on any atom is -0.452 e. The molecule has 0 unspecified atom stereocenters. The first-order valence-electron chi connectivity index (χ1n) is 7.11. The molecule has 0 spiro atoms. The lowest BCUT2D eigenvalue weighted by molar-refractivity contribution is -0.142. The molecule has 4 nitrogen and oxygen atoms in total. The number of carbonyl (C=O) groups is 2.